The Morgan fingerprint density at radius 1 is 1.14 bits per heavy atom. The predicted molar refractivity (Wildman–Crippen MR) is 85.5 cm³/mol. The summed E-state index contributed by atoms with van der Waals surface area (Å²) in [5.41, 5.74) is 5.95. The quantitative estimate of drug-likeness (QED) is 0.713. The van der Waals surface area contributed by atoms with E-state index in [9.17, 15) is 0 Å². The Labute approximate surface area is 123 Å². The number of aromatic amines is 1. The Hall–Kier alpha value is -2.36. The zero-order valence-electron chi connectivity index (χ0n) is 12.3. The Bertz CT molecular complexity index is 802. The highest BCUT2D eigenvalue weighted by Crippen LogP contribution is 2.38. The highest BCUT2D eigenvalue weighted by atomic mass is 14.9. The number of aromatic nitrogens is 3. The Morgan fingerprint density at radius 3 is 2.76 bits per heavy atom. The van der Waals surface area contributed by atoms with Crippen LogP contribution in [0.4, 0.5) is 5.69 Å². The third kappa shape index (κ3) is 1.98. The van der Waals surface area contributed by atoms with E-state index in [4.69, 9.17) is 4.98 Å². The average molecular weight is 278 g/mol. The minimum atomic E-state index is 0.205. The first kappa shape index (κ1) is 12.4. The van der Waals surface area contributed by atoms with Gasteiger partial charge in [-0.15, -0.1) is 0 Å². The molecule has 106 valence electrons. The molecule has 4 nitrogen and oxygen atoms in total. The number of hydrogen-bond donors (Lipinski definition) is 2. The number of pyridine rings is 1. The van der Waals surface area contributed by atoms with Crippen LogP contribution in [0.15, 0.2) is 36.7 Å². The van der Waals surface area contributed by atoms with Crippen molar-refractivity contribution in [3.63, 3.8) is 0 Å². The molecule has 0 saturated carbocycles. The summed E-state index contributed by atoms with van der Waals surface area (Å²) < 4.78 is 0. The van der Waals surface area contributed by atoms with Gasteiger partial charge >= 0.3 is 0 Å². The third-order valence-electron chi connectivity index (χ3n) is 4.37. The van der Waals surface area contributed by atoms with Gasteiger partial charge in [0.15, 0.2) is 0 Å². The molecule has 3 aromatic rings. The molecule has 3 heterocycles. The van der Waals surface area contributed by atoms with Gasteiger partial charge in [0.2, 0.25) is 0 Å². The third-order valence-corrected chi connectivity index (χ3v) is 4.37. The molecule has 4 heteroatoms. The van der Waals surface area contributed by atoms with Crippen LogP contribution in [0.3, 0.4) is 0 Å². The van der Waals surface area contributed by atoms with Crippen LogP contribution in [0.5, 0.6) is 0 Å². The molecule has 0 fully saturated rings. The van der Waals surface area contributed by atoms with E-state index in [1.807, 2.05) is 12.1 Å². The van der Waals surface area contributed by atoms with Crippen molar-refractivity contribution in [3.8, 4) is 11.4 Å². The fourth-order valence-corrected chi connectivity index (χ4v) is 3.05. The molecule has 0 unspecified atom stereocenters. The summed E-state index contributed by atoms with van der Waals surface area (Å²) >= 11 is 0. The number of benzene rings is 1. The number of hydrogen-bond acceptors (Lipinski definition) is 3. The number of rotatable bonds is 1. The van der Waals surface area contributed by atoms with Crippen LogP contribution in [0.1, 0.15) is 25.8 Å². The molecular weight excluding hydrogens is 260 g/mol. The van der Waals surface area contributed by atoms with Crippen molar-refractivity contribution in [2.24, 2.45) is 0 Å². The number of fused-ring (bicyclic) bond motifs is 2. The second-order valence-corrected chi connectivity index (χ2v) is 6.30. The van der Waals surface area contributed by atoms with Gasteiger partial charge < -0.3 is 10.3 Å². The standard InChI is InChI=1S/C17H18N4/c1-17(2)5-8-19-13-10-15-14(9-12(13)17)20-16(21-15)11-3-6-18-7-4-11/h3-4,6-7,9-10,19H,5,8H2,1-2H3,(H,20,21). The lowest BCUT2D eigenvalue weighted by molar-refractivity contribution is 0.482. The van der Waals surface area contributed by atoms with Gasteiger partial charge in [0.25, 0.3) is 0 Å². The predicted octanol–water partition coefficient (Wildman–Crippen LogP) is 3.72. The van der Waals surface area contributed by atoms with Gasteiger partial charge in [-0.2, -0.15) is 0 Å². The van der Waals surface area contributed by atoms with Crippen molar-refractivity contribution in [2.45, 2.75) is 25.7 Å². The summed E-state index contributed by atoms with van der Waals surface area (Å²) in [6.45, 7) is 5.63. The summed E-state index contributed by atoms with van der Waals surface area (Å²) in [6, 6.07) is 8.35. The normalized spacial score (nSPS) is 16.5. The van der Waals surface area contributed by atoms with Crippen molar-refractivity contribution in [2.75, 3.05) is 11.9 Å². The smallest absolute Gasteiger partial charge is 0.138 e. The fourth-order valence-electron chi connectivity index (χ4n) is 3.05. The highest BCUT2D eigenvalue weighted by molar-refractivity contribution is 5.85. The molecule has 1 aliphatic heterocycles. The molecule has 0 aliphatic carbocycles. The molecule has 0 radical (unpaired) electrons. The van der Waals surface area contributed by atoms with Gasteiger partial charge in [0, 0.05) is 30.2 Å². The average Bonchev–Trinajstić information content (AvgIpc) is 2.89. The van der Waals surface area contributed by atoms with Crippen molar-refractivity contribution < 1.29 is 0 Å². The van der Waals surface area contributed by atoms with Crippen LogP contribution < -0.4 is 5.32 Å². The van der Waals surface area contributed by atoms with Gasteiger partial charge in [-0.25, -0.2) is 4.98 Å². The van der Waals surface area contributed by atoms with Crippen LogP contribution in [0.2, 0.25) is 0 Å². The maximum absolute atomic E-state index is 4.72. The SMILES string of the molecule is CC1(C)CCNc2cc3nc(-c4ccncc4)[nH]c3cc21. The van der Waals surface area contributed by atoms with E-state index in [-0.39, 0.29) is 5.41 Å². The number of nitrogens with one attached hydrogen (secondary N) is 2. The summed E-state index contributed by atoms with van der Waals surface area (Å²) in [5.74, 6) is 0.896. The monoisotopic (exact) mass is 278 g/mol. The minimum absolute atomic E-state index is 0.205. The number of H-pyrrole nitrogens is 1. The zero-order chi connectivity index (χ0) is 14.4. The molecule has 0 spiro atoms. The number of nitrogens with zero attached hydrogens (tertiary/aromatic N) is 2. The molecule has 1 aliphatic rings. The Morgan fingerprint density at radius 2 is 1.95 bits per heavy atom. The summed E-state index contributed by atoms with van der Waals surface area (Å²) in [7, 11) is 0. The van der Waals surface area contributed by atoms with E-state index in [0.717, 1.165) is 35.4 Å². The van der Waals surface area contributed by atoms with Gasteiger partial charge in [-0.3, -0.25) is 4.98 Å². The molecule has 2 aromatic heterocycles. The maximum Gasteiger partial charge on any atom is 0.138 e. The van der Waals surface area contributed by atoms with Crippen molar-refractivity contribution in [1.82, 2.24) is 15.0 Å². The van der Waals surface area contributed by atoms with Crippen molar-refractivity contribution in [1.29, 1.82) is 0 Å². The summed E-state index contributed by atoms with van der Waals surface area (Å²) in [5, 5.41) is 3.50. The molecule has 0 bridgehead atoms. The molecule has 1 aromatic carbocycles. The molecule has 0 saturated heterocycles. The van der Waals surface area contributed by atoms with E-state index in [1.54, 1.807) is 12.4 Å². The van der Waals surface area contributed by atoms with Crippen LogP contribution in [-0.4, -0.2) is 21.5 Å². The van der Waals surface area contributed by atoms with E-state index < -0.39 is 0 Å². The lowest BCUT2D eigenvalue weighted by Gasteiger charge is -2.33. The first-order chi connectivity index (χ1) is 10.1. The second-order valence-electron chi connectivity index (χ2n) is 6.30. The lowest BCUT2D eigenvalue weighted by atomic mass is 9.78. The molecule has 21 heavy (non-hydrogen) atoms. The molecule has 0 amide bonds. The second kappa shape index (κ2) is 4.32. The van der Waals surface area contributed by atoms with Crippen LogP contribution >= 0.6 is 0 Å². The van der Waals surface area contributed by atoms with E-state index in [0.29, 0.717) is 0 Å². The molecule has 4 rings (SSSR count). The number of anilines is 1. The highest BCUT2D eigenvalue weighted by Gasteiger charge is 2.28. The van der Waals surface area contributed by atoms with Crippen LogP contribution in [0.25, 0.3) is 22.4 Å². The lowest BCUT2D eigenvalue weighted by Crippen LogP contribution is -2.28. The Kier molecular flexibility index (Phi) is 2.55. The first-order valence-electron chi connectivity index (χ1n) is 7.32. The summed E-state index contributed by atoms with van der Waals surface area (Å²) in [6.07, 6.45) is 4.73. The van der Waals surface area contributed by atoms with Gasteiger partial charge in [0.1, 0.15) is 5.82 Å². The fraction of sp³-hybridized carbons (Fsp3) is 0.294. The first-order valence-corrected chi connectivity index (χ1v) is 7.32. The molecule has 2 N–H and O–H groups in total. The zero-order valence-corrected chi connectivity index (χ0v) is 12.3. The van der Waals surface area contributed by atoms with E-state index in [1.165, 1.54) is 11.3 Å². The van der Waals surface area contributed by atoms with Gasteiger partial charge in [-0.1, -0.05) is 13.8 Å². The van der Waals surface area contributed by atoms with Gasteiger partial charge in [-0.05, 0) is 41.7 Å². The largest absolute Gasteiger partial charge is 0.385 e. The molecular formula is C17H18N4. The number of imidazole rings is 1. The Balaban J connectivity index is 1.89. The van der Waals surface area contributed by atoms with Gasteiger partial charge in [0.05, 0.1) is 11.0 Å². The van der Waals surface area contributed by atoms with Crippen LogP contribution in [0, 0.1) is 0 Å². The van der Waals surface area contributed by atoms with E-state index in [2.05, 4.69) is 41.3 Å². The van der Waals surface area contributed by atoms with Crippen molar-refractivity contribution >= 4 is 16.7 Å². The van der Waals surface area contributed by atoms with Crippen LogP contribution in [-0.2, 0) is 5.41 Å². The summed E-state index contributed by atoms with van der Waals surface area (Å²) in [4.78, 5) is 12.2. The molecule has 0 atom stereocenters. The topological polar surface area (TPSA) is 53.6 Å². The maximum atomic E-state index is 4.72. The van der Waals surface area contributed by atoms with Crippen molar-refractivity contribution in [3.05, 3.63) is 42.2 Å². The van der Waals surface area contributed by atoms with E-state index >= 15 is 0 Å². The minimum Gasteiger partial charge on any atom is -0.385 e.